The second kappa shape index (κ2) is 10.3. The number of hydrogen-bond donors (Lipinski definition) is 2. The van der Waals surface area contributed by atoms with Crippen LogP contribution in [0.1, 0.15) is 55.7 Å². The zero-order chi connectivity index (χ0) is 19.6. The Morgan fingerprint density at radius 2 is 1.70 bits per heavy atom. The summed E-state index contributed by atoms with van der Waals surface area (Å²) in [5.74, 6) is 0.0264. The lowest BCUT2D eigenvalue weighted by molar-refractivity contribution is 0.0755. The van der Waals surface area contributed by atoms with Gasteiger partial charge in [-0.25, -0.2) is 4.79 Å². The Balaban J connectivity index is 1.94. The van der Waals surface area contributed by atoms with Crippen LogP contribution in [-0.4, -0.2) is 34.9 Å². The van der Waals surface area contributed by atoms with Gasteiger partial charge in [0.2, 0.25) is 0 Å². The molecular formula is C21H28N4O2. The normalized spacial score (nSPS) is 11.5. The molecule has 2 aromatic rings. The third-order valence-electron chi connectivity index (χ3n) is 4.14. The molecule has 3 amide bonds. The molecule has 27 heavy (non-hydrogen) atoms. The van der Waals surface area contributed by atoms with Crippen LogP contribution in [0.4, 0.5) is 10.5 Å². The smallest absolute Gasteiger partial charge is 0.319 e. The Kier molecular flexibility index (Phi) is 7.79. The van der Waals surface area contributed by atoms with Crippen LogP contribution >= 0.6 is 0 Å². The molecule has 2 N–H and O–H groups in total. The Labute approximate surface area is 161 Å². The van der Waals surface area contributed by atoms with Gasteiger partial charge in [0.05, 0.1) is 11.7 Å². The molecule has 0 aliphatic heterocycles. The van der Waals surface area contributed by atoms with Gasteiger partial charge in [-0.05, 0) is 56.2 Å². The van der Waals surface area contributed by atoms with Crippen molar-refractivity contribution in [2.24, 2.45) is 0 Å². The minimum Gasteiger partial charge on any atom is -0.339 e. The van der Waals surface area contributed by atoms with E-state index in [1.54, 1.807) is 30.5 Å². The zero-order valence-corrected chi connectivity index (χ0v) is 16.2. The molecule has 144 valence electrons. The fraction of sp³-hybridized carbons (Fsp3) is 0.381. The Bertz CT molecular complexity index is 726. The number of rotatable bonds is 8. The first-order valence-corrected chi connectivity index (χ1v) is 9.43. The van der Waals surface area contributed by atoms with Crippen LogP contribution in [0.15, 0.2) is 48.7 Å². The summed E-state index contributed by atoms with van der Waals surface area (Å²) in [6.07, 6.45) is 3.56. The van der Waals surface area contributed by atoms with E-state index in [2.05, 4.69) is 29.5 Å². The van der Waals surface area contributed by atoms with Crippen LogP contribution in [0.3, 0.4) is 0 Å². The number of benzene rings is 1. The summed E-state index contributed by atoms with van der Waals surface area (Å²) in [4.78, 5) is 30.8. The monoisotopic (exact) mass is 368 g/mol. The van der Waals surface area contributed by atoms with Gasteiger partial charge < -0.3 is 15.5 Å². The lowest BCUT2D eigenvalue weighted by Gasteiger charge is -2.21. The van der Waals surface area contributed by atoms with Gasteiger partial charge >= 0.3 is 6.03 Å². The molecule has 0 radical (unpaired) electrons. The number of aromatic nitrogens is 1. The van der Waals surface area contributed by atoms with Crippen molar-refractivity contribution in [2.75, 3.05) is 18.4 Å². The van der Waals surface area contributed by atoms with E-state index in [4.69, 9.17) is 0 Å². The second-order valence-corrected chi connectivity index (χ2v) is 6.44. The molecule has 0 bridgehead atoms. The van der Waals surface area contributed by atoms with E-state index in [0.717, 1.165) is 31.6 Å². The largest absolute Gasteiger partial charge is 0.339 e. The van der Waals surface area contributed by atoms with E-state index in [1.165, 1.54) is 0 Å². The highest BCUT2D eigenvalue weighted by molar-refractivity contribution is 5.95. The molecule has 6 heteroatoms. The van der Waals surface area contributed by atoms with E-state index >= 15 is 0 Å². The van der Waals surface area contributed by atoms with Gasteiger partial charge in [-0.2, -0.15) is 0 Å². The van der Waals surface area contributed by atoms with Crippen molar-refractivity contribution < 1.29 is 9.59 Å². The summed E-state index contributed by atoms with van der Waals surface area (Å²) in [6, 6.07) is 12.0. The Morgan fingerprint density at radius 3 is 2.26 bits per heavy atom. The standard InChI is InChI=1S/C21H28N4O2/c1-4-14-25(15-5-2)20(26)17-9-11-18(12-10-17)24-21(27)23-16(3)19-8-6-7-13-22-19/h6-13,16H,4-5,14-15H2,1-3H3,(H2,23,24,27)/t16-/m0/s1. The molecule has 6 nitrogen and oxygen atoms in total. The van der Waals surface area contributed by atoms with Crippen LogP contribution in [0.5, 0.6) is 0 Å². The molecule has 1 atom stereocenters. The molecule has 0 saturated heterocycles. The number of amides is 3. The Morgan fingerprint density at radius 1 is 1.04 bits per heavy atom. The minimum absolute atomic E-state index is 0.0264. The van der Waals surface area contributed by atoms with E-state index in [-0.39, 0.29) is 18.0 Å². The van der Waals surface area contributed by atoms with Crippen molar-refractivity contribution in [3.05, 3.63) is 59.9 Å². The molecule has 0 spiro atoms. The van der Waals surface area contributed by atoms with E-state index in [1.807, 2.05) is 30.0 Å². The van der Waals surface area contributed by atoms with Crippen molar-refractivity contribution >= 4 is 17.6 Å². The summed E-state index contributed by atoms with van der Waals surface area (Å²) in [5.41, 5.74) is 2.06. The number of carbonyl (C=O) groups excluding carboxylic acids is 2. The summed E-state index contributed by atoms with van der Waals surface area (Å²) in [5, 5.41) is 5.63. The number of hydrogen-bond acceptors (Lipinski definition) is 3. The van der Waals surface area contributed by atoms with Gasteiger partial charge in [-0.3, -0.25) is 9.78 Å². The van der Waals surface area contributed by atoms with Crippen molar-refractivity contribution in [1.82, 2.24) is 15.2 Å². The molecule has 0 unspecified atom stereocenters. The first-order chi connectivity index (χ1) is 13.0. The van der Waals surface area contributed by atoms with Crippen LogP contribution in [0, 0.1) is 0 Å². The fourth-order valence-corrected chi connectivity index (χ4v) is 2.80. The predicted molar refractivity (Wildman–Crippen MR) is 108 cm³/mol. The molecule has 0 aliphatic rings. The first kappa shape index (κ1) is 20.4. The van der Waals surface area contributed by atoms with E-state index in [9.17, 15) is 9.59 Å². The highest BCUT2D eigenvalue weighted by Crippen LogP contribution is 2.13. The van der Waals surface area contributed by atoms with E-state index in [0.29, 0.717) is 11.3 Å². The topological polar surface area (TPSA) is 74.3 Å². The highest BCUT2D eigenvalue weighted by atomic mass is 16.2. The van der Waals surface area contributed by atoms with Crippen molar-refractivity contribution in [3.8, 4) is 0 Å². The van der Waals surface area contributed by atoms with Crippen LogP contribution in [-0.2, 0) is 0 Å². The number of pyridine rings is 1. The molecule has 2 rings (SSSR count). The molecule has 0 aliphatic carbocycles. The van der Waals surface area contributed by atoms with Gasteiger partial charge in [0.15, 0.2) is 0 Å². The number of nitrogens with one attached hydrogen (secondary N) is 2. The Hall–Kier alpha value is -2.89. The molecule has 1 heterocycles. The van der Waals surface area contributed by atoms with Gasteiger partial charge in [0, 0.05) is 30.5 Å². The number of urea groups is 1. The van der Waals surface area contributed by atoms with Gasteiger partial charge in [0.25, 0.3) is 5.91 Å². The summed E-state index contributed by atoms with van der Waals surface area (Å²) in [7, 11) is 0. The van der Waals surface area contributed by atoms with Gasteiger partial charge in [0.1, 0.15) is 0 Å². The number of nitrogens with zero attached hydrogens (tertiary/aromatic N) is 2. The SMILES string of the molecule is CCCN(CCC)C(=O)c1ccc(NC(=O)N[C@@H](C)c2ccccn2)cc1. The molecule has 0 fully saturated rings. The molecule has 0 saturated carbocycles. The third kappa shape index (κ3) is 6.09. The maximum absolute atomic E-state index is 12.6. The van der Waals surface area contributed by atoms with Crippen LogP contribution < -0.4 is 10.6 Å². The summed E-state index contributed by atoms with van der Waals surface area (Å²) in [6.45, 7) is 7.50. The number of carbonyl (C=O) groups is 2. The van der Waals surface area contributed by atoms with Crippen LogP contribution in [0.25, 0.3) is 0 Å². The quantitative estimate of drug-likeness (QED) is 0.732. The zero-order valence-electron chi connectivity index (χ0n) is 16.2. The average Bonchev–Trinajstić information content (AvgIpc) is 2.68. The second-order valence-electron chi connectivity index (χ2n) is 6.44. The maximum atomic E-state index is 12.6. The maximum Gasteiger partial charge on any atom is 0.319 e. The van der Waals surface area contributed by atoms with Gasteiger partial charge in [-0.15, -0.1) is 0 Å². The molecule has 1 aromatic heterocycles. The predicted octanol–water partition coefficient (Wildman–Crippen LogP) is 4.23. The number of anilines is 1. The third-order valence-corrected chi connectivity index (χ3v) is 4.14. The summed E-state index contributed by atoms with van der Waals surface area (Å²) >= 11 is 0. The minimum atomic E-state index is -0.314. The van der Waals surface area contributed by atoms with Gasteiger partial charge in [-0.1, -0.05) is 19.9 Å². The van der Waals surface area contributed by atoms with Crippen molar-refractivity contribution in [1.29, 1.82) is 0 Å². The van der Waals surface area contributed by atoms with Crippen molar-refractivity contribution in [2.45, 2.75) is 39.7 Å². The fourth-order valence-electron chi connectivity index (χ4n) is 2.80. The van der Waals surface area contributed by atoms with Crippen LogP contribution in [0.2, 0.25) is 0 Å². The van der Waals surface area contributed by atoms with E-state index < -0.39 is 0 Å². The molecule has 1 aromatic carbocycles. The highest BCUT2D eigenvalue weighted by Gasteiger charge is 2.15. The summed E-state index contributed by atoms with van der Waals surface area (Å²) < 4.78 is 0. The lowest BCUT2D eigenvalue weighted by atomic mass is 10.1. The molecular weight excluding hydrogens is 340 g/mol. The lowest BCUT2D eigenvalue weighted by Crippen LogP contribution is -2.32. The van der Waals surface area contributed by atoms with Crippen molar-refractivity contribution in [3.63, 3.8) is 0 Å². The average molecular weight is 368 g/mol. The first-order valence-electron chi connectivity index (χ1n) is 9.43.